The van der Waals surface area contributed by atoms with Crippen molar-refractivity contribution in [3.05, 3.63) is 6.33 Å². The predicted octanol–water partition coefficient (Wildman–Crippen LogP) is -0.540. The van der Waals surface area contributed by atoms with Crippen molar-refractivity contribution in [3.63, 3.8) is 0 Å². The lowest BCUT2D eigenvalue weighted by atomic mass is 10.7. The first-order valence-corrected chi connectivity index (χ1v) is 2.85. The Morgan fingerprint density at radius 3 is 2.62 bits per heavy atom. The van der Waals surface area contributed by atoms with Gasteiger partial charge in [0, 0.05) is 0 Å². The number of carbonyl (C=O) groups is 1. The fourth-order valence-electron chi connectivity index (χ4n) is 0.446. The molecule has 0 saturated carbocycles. The standard InChI is InChI=1S/C4H3F3N4O2/c5-4(6,7)2(12)13-3-10-9-1-11(3)8/h1H,8H2. The van der Waals surface area contributed by atoms with E-state index in [-0.39, 0.29) is 0 Å². The molecule has 2 N–H and O–H groups in total. The third-order valence-electron chi connectivity index (χ3n) is 0.956. The number of ether oxygens (including phenoxy) is 1. The molecule has 0 spiro atoms. The van der Waals surface area contributed by atoms with E-state index in [0.717, 1.165) is 6.33 Å². The van der Waals surface area contributed by atoms with Crippen LogP contribution in [0.4, 0.5) is 13.2 Å². The molecule has 0 radical (unpaired) electrons. The minimum atomic E-state index is -5.08. The van der Waals surface area contributed by atoms with Crippen LogP contribution in [0.3, 0.4) is 0 Å². The topological polar surface area (TPSA) is 83.0 Å². The molecule has 0 aliphatic heterocycles. The van der Waals surface area contributed by atoms with Crippen LogP contribution in [0, 0.1) is 0 Å². The van der Waals surface area contributed by atoms with Crippen molar-refractivity contribution in [2.75, 3.05) is 5.84 Å². The van der Waals surface area contributed by atoms with Crippen molar-refractivity contribution < 1.29 is 22.7 Å². The Hall–Kier alpha value is -1.80. The minimum Gasteiger partial charge on any atom is -0.383 e. The molecule has 0 bridgehead atoms. The van der Waals surface area contributed by atoms with Crippen molar-refractivity contribution >= 4 is 5.97 Å². The zero-order chi connectivity index (χ0) is 10.1. The Morgan fingerprint density at radius 2 is 2.23 bits per heavy atom. The molecule has 6 nitrogen and oxygen atoms in total. The molecule has 0 unspecified atom stereocenters. The largest absolute Gasteiger partial charge is 0.491 e. The number of halogens is 3. The van der Waals surface area contributed by atoms with Crippen LogP contribution in [0.15, 0.2) is 6.33 Å². The van der Waals surface area contributed by atoms with E-state index in [4.69, 9.17) is 5.84 Å². The quantitative estimate of drug-likeness (QED) is 0.481. The van der Waals surface area contributed by atoms with Gasteiger partial charge < -0.3 is 10.6 Å². The second kappa shape index (κ2) is 2.92. The number of nitrogens with two attached hydrogens (primary N) is 1. The van der Waals surface area contributed by atoms with Crippen LogP contribution in [0.25, 0.3) is 0 Å². The van der Waals surface area contributed by atoms with Gasteiger partial charge in [-0.05, 0) is 0 Å². The van der Waals surface area contributed by atoms with Crippen molar-refractivity contribution in [1.29, 1.82) is 0 Å². The summed E-state index contributed by atoms with van der Waals surface area (Å²) in [6.07, 6.45) is -4.19. The van der Waals surface area contributed by atoms with Gasteiger partial charge in [0.05, 0.1) is 0 Å². The molecule has 1 aromatic rings. The highest BCUT2D eigenvalue weighted by molar-refractivity contribution is 5.77. The van der Waals surface area contributed by atoms with E-state index in [9.17, 15) is 18.0 Å². The second-order valence-electron chi connectivity index (χ2n) is 1.91. The Morgan fingerprint density at radius 1 is 1.62 bits per heavy atom. The smallest absolute Gasteiger partial charge is 0.383 e. The molecule has 13 heavy (non-hydrogen) atoms. The molecule has 1 rings (SSSR count). The van der Waals surface area contributed by atoms with Crippen LogP contribution in [0.2, 0.25) is 0 Å². The number of nitrogens with zero attached hydrogens (tertiary/aromatic N) is 3. The van der Waals surface area contributed by atoms with Crippen LogP contribution in [-0.4, -0.2) is 27.0 Å². The molecule has 0 amide bonds. The fraction of sp³-hybridized carbons (Fsp3) is 0.250. The third kappa shape index (κ3) is 2.07. The summed E-state index contributed by atoms with van der Waals surface area (Å²) in [7, 11) is 0. The monoisotopic (exact) mass is 196 g/mol. The molecule has 1 aromatic heterocycles. The van der Waals surface area contributed by atoms with Gasteiger partial charge in [-0.25, -0.2) is 4.79 Å². The first-order valence-electron chi connectivity index (χ1n) is 2.85. The molecular weight excluding hydrogens is 193 g/mol. The Labute approximate surface area is 69.1 Å². The molecule has 0 saturated heterocycles. The first kappa shape index (κ1) is 9.29. The lowest BCUT2D eigenvalue weighted by Crippen LogP contribution is -2.29. The summed E-state index contributed by atoms with van der Waals surface area (Å²) in [5.41, 5.74) is 0. The van der Waals surface area contributed by atoms with E-state index in [0.29, 0.717) is 4.68 Å². The SMILES string of the molecule is Nn1cnnc1OC(=O)C(F)(F)F. The summed E-state index contributed by atoms with van der Waals surface area (Å²) >= 11 is 0. The van der Waals surface area contributed by atoms with Crippen molar-refractivity contribution in [2.45, 2.75) is 6.18 Å². The van der Waals surface area contributed by atoms with Gasteiger partial charge in [0.2, 0.25) is 0 Å². The number of aromatic nitrogens is 3. The van der Waals surface area contributed by atoms with Crippen molar-refractivity contribution in [3.8, 4) is 6.01 Å². The van der Waals surface area contributed by atoms with E-state index in [1.165, 1.54) is 0 Å². The van der Waals surface area contributed by atoms with Crippen molar-refractivity contribution in [1.82, 2.24) is 14.9 Å². The van der Waals surface area contributed by atoms with Gasteiger partial charge >= 0.3 is 18.2 Å². The Kier molecular flexibility index (Phi) is 2.09. The average Bonchev–Trinajstić information content (AvgIpc) is 2.34. The summed E-state index contributed by atoms with van der Waals surface area (Å²) in [4.78, 5) is 10.2. The number of esters is 1. The minimum absolute atomic E-state index is 0.545. The van der Waals surface area contributed by atoms with E-state index in [2.05, 4.69) is 14.9 Å². The van der Waals surface area contributed by atoms with Gasteiger partial charge in [-0.15, -0.1) is 5.10 Å². The van der Waals surface area contributed by atoms with E-state index in [1.807, 2.05) is 0 Å². The molecule has 72 valence electrons. The lowest BCUT2D eigenvalue weighted by Gasteiger charge is -2.04. The number of rotatable bonds is 1. The van der Waals surface area contributed by atoms with Gasteiger partial charge in [-0.2, -0.15) is 17.8 Å². The molecule has 9 heteroatoms. The maximum atomic E-state index is 11.6. The summed E-state index contributed by atoms with van der Waals surface area (Å²) in [5, 5.41) is 6.11. The number of alkyl halides is 3. The number of hydrogen-bond acceptors (Lipinski definition) is 5. The third-order valence-corrected chi connectivity index (χ3v) is 0.956. The van der Waals surface area contributed by atoms with E-state index < -0.39 is 18.2 Å². The molecule has 0 aliphatic rings. The van der Waals surface area contributed by atoms with Crippen molar-refractivity contribution in [2.24, 2.45) is 0 Å². The molecule has 1 heterocycles. The van der Waals surface area contributed by atoms with Gasteiger partial charge in [0.15, 0.2) is 0 Å². The number of carbonyl (C=O) groups excluding carboxylic acids is 1. The second-order valence-corrected chi connectivity index (χ2v) is 1.91. The first-order chi connectivity index (χ1) is 5.91. The van der Waals surface area contributed by atoms with Gasteiger partial charge in [-0.1, -0.05) is 5.10 Å². The summed E-state index contributed by atoms with van der Waals surface area (Å²) in [5.74, 6) is 2.58. The Balaban J connectivity index is 2.71. The average molecular weight is 196 g/mol. The molecule has 0 atom stereocenters. The lowest BCUT2D eigenvalue weighted by molar-refractivity contribution is -0.190. The van der Waals surface area contributed by atoms with Crippen LogP contribution in [0.1, 0.15) is 0 Å². The normalized spacial score (nSPS) is 11.3. The van der Waals surface area contributed by atoms with Gasteiger partial charge in [0.25, 0.3) is 0 Å². The zero-order valence-corrected chi connectivity index (χ0v) is 5.95. The van der Waals surface area contributed by atoms with Gasteiger partial charge in [0.1, 0.15) is 6.33 Å². The summed E-state index contributed by atoms with van der Waals surface area (Å²) in [6.45, 7) is 0. The highest BCUT2D eigenvalue weighted by Gasteiger charge is 2.42. The molecular formula is C4H3F3N4O2. The fourth-order valence-corrected chi connectivity index (χ4v) is 0.446. The number of nitrogen functional groups attached to an aromatic ring is 1. The molecule has 0 aromatic carbocycles. The van der Waals surface area contributed by atoms with E-state index >= 15 is 0 Å². The summed E-state index contributed by atoms with van der Waals surface area (Å²) < 4.78 is 39.1. The van der Waals surface area contributed by atoms with Crippen LogP contribution in [0.5, 0.6) is 6.01 Å². The highest BCUT2D eigenvalue weighted by Crippen LogP contribution is 2.17. The maximum absolute atomic E-state index is 11.6. The van der Waals surface area contributed by atoms with Crippen LogP contribution in [-0.2, 0) is 4.79 Å². The maximum Gasteiger partial charge on any atom is 0.491 e. The van der Waals surface area contributed by atoms with Gasteiger partial charge in [-0.3, -0.25) is 0 Å². The number of hydrogen-bond donors (Lipinski definition) is 1. The van der Waals surface area contributed by atoms with E-state index in [1.54, 1.807) is 0 Å². The Bertz CT molecular complexity index is 319. The molecule has 0 aliphatic carbocycles. The van der Waals surface area contributed by atoms with Crippen LogP contribution >= 0.6 is 0 Å². The van der Waals surface area contributed by atoms with Crippen LogP contribution < -0.4 is 10.6 Å². The predicted molar refractivity (Wildman–Crippen MR) is 31.9 cm³/mol. The highest BCUT2D eigenvalue weighted by atomic mass is 19.4. The molecule has 0 fully saturated rings. The zero-order valence-electron chi connectivity index (χ0n) is 5.95. The summed E-state index contributed by atoms with van der Waals surface area (Å²) in [6, 6.07) is -0.720.